The average molecular weight is 345 g/mol. The molecule has 0 aliphatic carbocycles. The van der Waals surface area contributed by atoms with Gasteiger partial charge in [0.2, 0.25) is 0 Å². The minimum absolute atomic E-state index is 0.202. The SMILES string of the molecule is Cc1ccc(-n2c(C)cc(/C=N\NC(=O)c3ccccc3C)c2C)cc1. The van der Waals surface area contributed by atoms with Crippen LogP contribution in [-0.2, 0) is 0 Å². The van der Waals surface area contributed by atoms with Crippen molar-refractivity contribution in [1.29, 1.82) is 0 Å². The normalized spacial score (nSPS) is 11.1. The van der Waals surface area contributed by atoms with Gasteiger partial charge in [0.1, 0.15) is 0 Å². The van der Waals surface area contributed by atoms with E-state index in [4.69, 9.17) is 0 Å². The number of hydrogen-bond donors (Lipinski definition) is 1. The number of amides is 1. The van der Waals surface area contributed by atoms with Crippen molar-refractivity contribution in [2.75, 3.05) is 0 Å². The van der Waals surface area contributed by atoms with E-state index in [-0.39, 0.29) is 5.91 Å². The maximum Gasteiger partial charge on any atom is 0.271 e. The molecule has 0 bridgehead atoms. The lowest BCUT2D eigenvalue weighted by atomic mass is 10.1. The Bertz CT molecular complexity index is 966. The van der Waals surface area contributed by atoms with Crippen LogP contribution in [0.15, 0.2) is 59.7 Å². The highest BCUT2D eigenvalue weighted by Crippen LogP contribution is 2.20. The Kier molecular flexibility index (Phi) is 5.03. The summed E-state index contributed by atoms with van der Waals surface area (Å²) in [5.41, 5.74) is 9.71. The molecule has 0 fully saturated rings. The molecule has 3 rings (SSSR count). The first kappa shape index (κ1) is 17.7. The Balaban J connectivity index is 1.79. The lowest BCUT2D eigenvalue weighted by Crippen LogP contribution is -2.18. The zero-order chi connectivity index (χ0) is 18.7. The summed E-state index contributed by atoms with van der Waals surface area (Å²) in [5, 5.41) is 4.14. The van der Waals surface area contributed by atoms with E-state index in [0.29, 0.717) is 5.56 Å². The second kappa shape index (κ2) is 7.40. The van der Waals surface area contributed by atoms with E-state index in [2.05, 4.69) is 66.2 Å². The molecule has 0 atom stereocenters. The van der Waals surface area contributed by atoms with Crippen LogP contribution in [-0.4, -0.2) is 16.7 Å². The van der Waals surface area contributed by atoms with Crippen molar-refractivity contribution in [1.82, 2.24) is 9.99 Å². The quantitative estimate of drug-likeness (QED) is 0.550. The average Bonchev–Trinajstić information content (AvgIpc) is 2.90. The number of rotatable bonds is 4. The van der Waals surface area contributed by atoms with Gasteiger partial charge in [-0.05, 0) is 57.5 Å². The van der Waals surface area contributed by atoms with Crippen molar-refractivity contribution < 1.29 is 4.79 Å². The Morgan fingerprint density at radius 2 is 1.69 bits per heavy atom. The number of aryl methyl sites for hydroxylation is 3. The summed E-state index contributed by atoms with van der Waals surface area (Å²) in [6, 6.07) is 18.0. The zero-order valence-corrected chi connectivity index (χ0v) is 15.6. The smallest absolute Gasteiger partial charge is 0.271 e. The molecule has 4 heteroatoms. The molecule has 0 unspecified atom stereocenters. The van der Waals surface area contributed by atoms with E-state index in [9.17, 15) is 4.79 Å². The Labute approximate surface area is 154 Å². The predicted octanol–water partition coefficient (Wildman–Crippen LogP) is 4.47. The summed E-state index contributed by atoms with van der Waals surface area (Å²) in [7, 11) is 0. The van der Waals surface area contributed by atoms with Gasteiger partial charge in [-0.15, -0.1) is 0 Å². The summed E-state index contributed by atoms with van der Waals surface area (Å²) in [6.07, 6.45) is 1.70. The van der Waals surface area contributed by atoms with E-state index in [1.807, 2.05) is 25.1 Å². The number of benzene rings is 2. The molecule has 1 aromatic heterocycles. The van der Waals surface area contributed by atoms with Gasteiger partial charge in [0.05, 0.1) is 6.21 Å². The first-order chi connectivity index (χ1) is 12.5. The zero-order valence-electron chi connectivity index (χ0n) is 15.6. The minimum Gasteiger partial charge on any atom is -0.318 e. The number of nitrogens with one attached hydrogen (secondary N) is 1. The van der Waals surface area contributed by atoms with Crippen molar-refractivity contribution in [3.05, 3.63) is 88.2 Å². The van der Waals surface area contributed by atoms with E-state index < -0.39 is 0 Å². The van der Waals surface area contributed by atoms with Gasteiger partial charge in [-0.25, -0.2) is 5.43 Å². The first-order valence-electron chi connectivity index (χ1n) is 8.62. The first-order valence-corrected chi connectivity index (χ1v) is 8.62. The number of nitrogens with zero attached hydrogens (tertiary/aromatic N) is 2. The Morgan fingerprint density at radius 3 is 2.38 bits per heavy atom. The van der Waals surface area contributed by atoms with Crippen molar-refractivity contribution in [3.8, 4) is 5.69 Å². The fraction of sp³-hybridized carbons (Fsp3) is 0.182. The molecule has 0 saturated heterocycles. The van der Waals surface area contributed by atoms with Crippen LogP contribution in [0, 0.1) is 27.7 Å². The van der Waals surface area contributed by atoms with Crippen LogP contribution in [0.4, 0.5) is 0 Å². The van der Waals surface area contributed by atoms with Crippen molar-refractivity contribution >= 4 is 12.1 Å². The summed E-state index contributed by atoms with van der Waals surface area (Å²) >= 11 is 0. The maximum atomic E-state index is 12.2. The van der Waals surface area contributed by atoms with E-state index in [0.717, 1.165) is 28.2 Å². The van der Waals surface area contributed by atoms with Crippen LogP contribution in [0.5, 0.6) is 0 Å². The fourth-order valence-corrected chi connectivity index (χ4v) is 3.06. The highest BCUT2D eigenvalue weighted by atomic mass is 16.2. The molecule has 4 nitrogen and oxygen atoms in total. The molecular weight excluding hydrogens is 322 g/mol. The van der Waals surface area contributed by atoms with Crippen LogP contribution in [0.25, 0.3) is 5.69 Å². The number of carbonyl (C=O) groups excluding carboxylic acids is 1. The summed E-state index contributed by atoms with van der Waals surface area (Å²) in [5.74, 6) is -0.202. The lowest BCUT2D eigenvalue weighted by molar-refractivity contribution is 0.0954. The van der Waals surface area contributed by atoms with Crippen LogP contribution in [0.1, 0.15) is 38.4 Å². The van der Waals surface area contributed by atoms with Gasteiger partial charge >= 0.3 is 0 Å². The molecule has 26 heavy (non-hydrogen) atoms. The number of aromatic nitrogens is 1. The van der Waals surface area contributed by atoms with Crippen molar-refractivity contribution in [2.45, 2.75) is 27.7 Å². The largest absolute Gasteiger partial charge is 0.318 e. The van der Waals surface area contributed by atoms with Gasteiger partial charge in [0.15, 0.2) is 0 Å². The highest BCUT2D eigenvalue weighted by Gasteiger charge is 2.10. The molecule has 2 aromatic carbocycles. The van der Waals surface area contributed by atoms with Gasteiger partial charge in [-0.2, -0.15) is 5.10 Å². The standard InChI is InChI=1S/C22H23N3O/c1-15-9-11-20(12-10-15)25-17(3)13-19(18(25)4)14-23-24-22(26)21-8-6-5-7-16(21)2/h5-14H,1-4H3,(H,24,26)/b23-14-. The highest BCUT2D eigenvalue weighted by molar-refractivity contribution is 5.96. The minimum atomic E-state index is -0.202. The molecule has 3 aromatic rings. The molecule has 0 radical (unpaired) electrons. The molecule has 1 heterocycles. The Morgan fingerprint density at radius 1 is 1.00 bits per heavy atom. The van der Waals surface area contributed by atoms with E-state index in [1.165, 1.54) is 5.56 Å². The predicted molar refractivity (Wildman–Crippen MR) is 106 cm³/mol. The molecule has 1 N–H and O–H groups in total. The molecular formula is C22H23N3O. The molecule has 1 amide bonds. The number of carbonyl (C=O) groups is 1. The van der Waals surface area contributed by atoms with Gasteiger partial charge < -0.3 is 4.57 Å². The second-order valence-electron chi connectivity index (χ2n) is 6.51. The van der Waals surface area contributed by atoms with Crippen LogP contribution < -0.4 is 5.43 Å². The summed E-state index contributed by atoms with van der Waals surface area (Å²) in [4.78, 5) is 12.2. The Hall–Kier alpha value is -3.14. The van der Waals surface area contributed by atoms with Crippen molar-refractivity contribution in [2.24, 2.45) is 5.10 Å². The van der Waals surface area contributed by atoms with Gasteiger partial charge in [-0.3, -0.25) is 4.79 Å². The third-order valence-corrected chi connectivity index (χ3v) is 4.52. The summed E-state index contributed by atoms with van der Waals surface area (Å²) < 4.78 is 2.18. The molecule has 0 aliphatic heterocycles. The number of hydrogen-bond acceptors (Lipinski definition) is 2. The van der Waals surface area contributed by atoms with Gasteiger partial charge in [0.25, 0.3) is 5.91 Å². The van der Waals surface area contributed by atoms with Gasteiger partial charge in [0, 0.05) is 28.2 Å². The number of hydrazone groups is 1. The van der Waals surface area contributed by atoms with E-state index >= 15 is 0 Å². The lowest BCUT2D eigenvalue weighted by Gasteiger charge is -2.09. The maximum absolute atomic E-state index is 12.2. The van der Waals surface area contributed by atoms with Crippen LogP contribution >= 0.6 is 0 Å². The monoisotopic (exact) mass is 345 g/mol. The van der Waals surface area contributed by atoms with Crippen LogP contribution in [0.2, 0.25) is 0 Å². The molecule has 0 spiro atoms. The van der Waals surface area contributed by atoms with Crippen LogP contribution in [0.3, 0.4) is 0 Å². The third-order valence-electron chi connectivity index (χ3n) is 4.52. The molecule has 0 saturated carbocycles. The topological polar surface area (TPSA) is 46.4 Å². The molecule has 132 valence electrons. The fourth-order valence-electron chi connectivity index (χ4n) is 3.06. The third kappa shape index (κ3) is 3.59. The molecule has 0 aliphatic rings. The van der Waals surface area contributed by atoms with E-state index in [1.54, 1.807) is 12.3 Å². The van der Waals surface area contributed by atoms with Gasteiger partial charge in [-0.1, -0.05) is 35.9 Å². The summed E-state index contributed by atoms with van der Waals surface area (Å²) in [6.45, 7) is 8.11. The van der Waals surface area contributed by atoms with Crippen molar-refractivity contribution in [3.63, 3.8) is 0 Å². The second-order valence-corrected chi connectivity index (χ2v) is 6.51.